The third kappa shape index (κ3) is 3.22. The minimum Gasteiger partial charge on any atom is -0.480 e. The van der Waals surface area contributed by atoms with E-state index in [-0.39, 0.29) is 5.91 Å². The maximum absolute atomic E-state index is 11.8. The van der Waals surface area contributed by atoms with Crippen LogP contribution in [0.2, 0.25) is 0 Å². The van der Waals surface area contributed by atoms with Crippen molar-refractivity contribution in [2.45, 2.75) is 63.6 Å². The Hall–Kier alpha value is -1.10. The molecule has 2 saturated heterocycles. The molecule has 102 valence electrons. The predicted octanol–water partition coefficient (Wildman–Crippen LogP) is 0.886. The molecule has 18 heavy (non-hydrogen) atoms. The smallest absolute Gasteiger partial charge is 0.326 e. The molecule has 2 heterocycles. The highest BCUT2D eigenvalue weighted by Gasteiger charge is 2.34. The maximum Gasteiger partial charge on any atom is 0.326 e. The van der Waals surface area contributed by atoms with Crippen LogP contribution >= 0.6 is 0 Å². The summed E-state index contributed by atoms with van der Waals surface area (Å²) in [5, 5.41) is 15.0. The number of carbonyl (C=O) groups is 2. The molecule has 0 spiro atoms. The molecule has 2 rings (SSSR count). The van der Waals surface area contributed by atoms with Crippen molar-refractivity contribution in [3.63, 3.8) is 0 Å². The number of aliphatic carboxylic acids is 1. The second kappa shape index (κ2) is 5.69. The Morgan fingerprint density at radius 2 is 1.94 bits per heavy atom. The van der Waals surface area contributed by atoms with E-state index in [9.17, 15) is 9.59 Å². The standard InChI is InChI=1S/C13H22N2O3/c1-2-11(13(17)18)15-12(16)7-8-5-9-3-4-10(6-8)14-9/h8-11,14H,2-7H2,1H3,(H,15,16)(H,17,18)/t8?,9?,10?,11-/m0/s1. The summed E-state index contributed by atoms with van der Waals surface area (Å²) >= 11 is 0. The molecule has 2 fully saturated rings. The molecule has 3 atom stereocenters. The Kier molecular flexibility index (Phi) is 4.22. The Labute approximate surface area is 107 Å². The summed E-state index contributed by atoms with van der Waals surface area (Å²) in [7, 11) is 0. The Balaban J connectivity index is 1.79. The Bertz CT molecular complexity index is 320. The van der Waals surface area contributed by atoms with Gasteiger partial charge in [0.1, 0.15) is 6.04 Å². The molecule has 0 radical (unpaired) electrons. The zero-order valence-corrected chi connectivity index (χ0v) is 10.8. The number of hydrogen-bond donors (Lipinski definition) is 3. The summed E-state index contributed by atoms with van der Waals surface area (Å²) < 4.78 is 0. The van der Waals surface area contributed by atoms with Gasteiger partial charge in [0.15, 0.2) is 0 Å². The molecule has 0 aromatic carbocycles. The summed E-state index contributed by atoms with van der Waals surface area (Å²) in [6, 6.07) is 0.405. The second-order valence-electron chi connectivity index (χ2n) is 5.55. The number of fused-ring (bicyclic) bond motifs is 2. The number of rotatable bonds is 5. The quantitative estimate of drug-likeness (QED) is 0.680. The van der Waals surface area contributed by atoms with Crippen molar-refractivity contribution in [1.29, 1.82) is 0 Å². The first-order valence-electron chi connectivity index (χ1n) is 6.86. The fourth-order valence-corrected chi connectivity index (χ4v) is 3.20. The first-order chi connectivity index (χ1) is 8.58. The van der Waals surface area contributed by atoms with Gasteiger partial charge < -0.3 is 15.7 Å². The van der Waals surface area contributed by atoms with Gasteiger partial charge in [0, 0.05) is 18.5 Å². The monoisotopic (exact) mass is 254 g/mol. The van der Waals surface area contributed by atoms with Crippen molar-refractivity contribution in [1.82, 2.24) is 10.6 Å². The minimum atomic E-state index is -0.948. The molecule has 3 N–H and O–H groups in total. The van der Waals surface area contributed by atoms with Crippen molar-refractivity contribution >= 4 is 11.9 Å². The summed E-state index contributed by atoms with van der Waals surface area (Å²) in [5.74, 6) is -0.651. The van der Waals surface area contributed by atoms with Crippen molar-refractivity contribution in [2.24, 2.45) is 5.92 Å². The summed E-state index contributed by atoms with van der Waals surface area (Å²) in [6.07, 6.45) is 5.43. The fourth-order valence-electron chi connectivity index (χ4n) is 3.20. The van der Waals surface area contributed by atoms with Crippen molar-refractivity contribution in [3.05, 3.63) is 0 Å². The highest BCUT2D eigenvalue weighted by Crippen LogP contribution is 2.32. The molecule has 5 heteroatoms. The molecule has 0 aromatic rings. The van der Waals surface area contributed by atoms with Gasteiger partial charge in [-0.05, 0) is 38.0 Å². The molecule has 0 aromatic heterocycles. The lowest BCUT2D eigenvalue weighted by atomic mass is 9.89. The van der Waals surface area contributed by atoms with E-state index in [1.807, 2.05) is 0 Å². The minimum absolute atomic E-state index is 0.115. The molecule has 0 aliphatic carbocycles. The van der Waals surface area contributed by atoms with Crippen LogP contribution in [-0.2, 0) is 9.59 Å². The van der Waals surface area contributed by atoms with E-state index in [1.54, 1.807) is 6.92 Å². The van der Waals surface area contributed by atoms with Crippen LogP contribution < -0.4 is 10.6 Å². The van der Waals surface area contributed by atoms with E-state index in [0.717, 1.165) is 12.8 Å². The molecule has 0 saturated carbocycles. The van der Waals surface area contributed by atoms with Crippen molar-refractivity contribution < 1.29 is 14.7 Å². The molecule has 2 bridgehead atoms. The Morgan fingerprint density at radius 3 is 2.44 bits per heavy atom. The van der Waals surface area contributed by atoms with Gasteiger partial charge in [-0.2, -0.15) is 0 Å². The lowest BCUT2D eigenvalue weighted by molar-refractivity contribution is -0.142. The van der Waals surface area contributed by atoms with Crippen LogP contribution in [-0.4, -0.2) is 35.1 Å². The summed E-state index contributed by atoms with van der Waals surface area (Å²) in [4.78, 5) is 22.7. The van der Waals surface area contributed by atoms with E-state index in [2.05, 4.69) is 10.6 Å². The molecule has 2 aliphatic rings. The number of carboxylic acids is 1. The molecule has 1 amide bonds. The summed E-state index contributed by atoms with van der Waals surface area (Å²) in [5.41, 5.74) is 0. The Morgan fingerprint density at radius 1 is 1.33 bits per heavy atom. The van der Waals surface area contributed by atoms with Crippen LogP contribution in [0, 0.1) is 5.92 Å². The zero-order chi connectivity index (χ0) is 13.1. The topological polar surface area (TPSA) is 78.4 Å². The van der Waals surface area contributed by atoms with Gasteiger partial charge in [0.2, 0.25) is 5.91 Å². The molecular weight excluding hydrogens is 232 g/mol. The predicted molar refractivity (Wildman–Crippen MR) is 67.1 cm³/mol. The molecule has 2 unspecified atom stereocenters. The zero-order valence-electron chi connectivity index (χ0n) is 10.8. The normalized spacial score (nSPS) is 31.9. The number of piperidine rings is 1. The lowest BCUT2D eigenvalue weighted by Gasteiger charge is -2.28. The van der Waals surface area contributed by atoms with Crippen LogP contribution in [0.4, 0.5) is 0 Å². The third-order valence-electron chi connectivity index (χ3n) is 4.09. The second-order valence-corrected chi connectivity index (χ2v) is 5.55. The number of amides is 1. The molecular formula is C13H22N2O3. The van der Waals surface area contributed by atoms with E-state index < -0.39 is 12.0 Å². The average molecular weight is 254 g/mol. The van der Waals surface area contributed by atoms with Gasteiger partial charge in [-0.1, -0.05) is 6.92 Å². The molecule has 5 nitrogen and oxygen atoms in total. The number of carboxylic acid groups (broad SMARTS) is 1. The van der Waals surface area contributed by atoms with Gasteiger partial charge in [-0.25, -0.2) is 4.79 Å². The van der Waals surface area contributed by atoms with Gasteiger partial charge in [0.25, 0.3) is 0 Å². The van der Waals surface area contributed by atoms with E-state index in [0.29, 0.717) is 30.8 Å². The molecule has 2 aliphatic heterocycles. The number of carbonyl (C=O) groups excluding carboxylic acids is 1. The number of hydrogen-bond acceptors (Lipinski definition) is 3. The van der Waals surface area contributed by atoms with Crippen molar-refractivity contribution in [3.8, 4) is 0 Å². The highest BCUT2D eigenvalue weighted by molar-refractivity contribution is 5.83. The van der Waals surface area contributed by atoms with Crippen molar-refractivity contribution in [2.75, 3.05) is 0 Å². The van der Waals surface area contributed by atoms with E-state index in [4.69, 9.17) is 5.11 Å². The maximum atomic E-state index is 11.8. The lowest BCUT2D eigenvalue weighted by Crippen LogP contribution is -2.43. The SMILES string of the molecule is CC[C@H](NC(=O)CC1CC2CCC(C1)N2)C(=O)O. The highest BCUT2D eigenvalue weighted by atomic mass is 16.4. The van der Waals surface area contributed by atoms with Crippen LogP contribution in [0.15, 0.2) is 0 Å². The number of nitrogens with one attached hydrogen (secondary N) is 2. The van der Waals surface area contributed by atoms with Gasteiger partial charge in [-0.3, -0.25) is 4.79 Å². The third-order valence-corrected chi connectivity index (χ3v) is 4.09. The first-order valence-corrected chi connectivity index (χ1v) is 6.86. The van der Waals surface area contributed by atoms with Crippen LogP contribution in [0.3, 0.4) is 0 Å². The van der Waals surface area contributed by atoms with Gasteiger partial charge >= 0.3 is 5.97 Å². The van der Waals surface area contributed by atoms with Crippen LogP contribution in [0.25, 0.3) is 0 Å². The summed E-state index contributed by atoms with van der Waals surface area (Å²) in [6.45, 7) is 1.77. The first kappa shape index (κ1) is 13.3. The van der Waals surface area contributed by atoms with E-state index >= 15 is 0 Å². The van der Waals surface area contributed by atoms with E-state index in [1.165, 1.54) is 12.8 Å². The van der Waals surface area contributed by atoms with Crippen LogP contribution in [0.5, 0.6) is 0 Å². The van der Waals surface area contributed by atoms with Gasteiger partial charge in [0.05, 0.1) is 0 Å². The largest absolute Gasteiger partial charge is 0.480 e. The average Bonchev–Trinajstić information content (AvgIpc) is 2.65. The fraction of sp³-hybridized carbons (Fsp3) is 0.846. The van der Waals surface area contributed by atoms with Crippen LogP contribution in [0.1, 0.15) is 45.4 Å². The van der Waals surface area contributed by atoms with Gasteiger partial charge in [-0.15, -0.1) is 0 Å².